The minimum absolute atomic E-state index is 0.185. The van der Waals surface area contributed by atoms with Gasteiger partial charge in [0, 0.05) is 24.8 Å². The lowest BCUT2D eigenvalue weighted by atomic mass is 10.0. The van der Waals surface area contributed by atoms with Crippen molar-refractivity contribution in [3.05, 3.63) is 23.9 Å². The number of aromatic nitrogens is 1. The van der Waals surface area contributed by atoms with Crippen molar-refractivity contribution in [1.82, 2.24) is 9.88 Å². The molecule has 0 aromatic carbocycles. The molecule has 1 atom stereocenters. The number of nitrogens with zero attached hydrogens (tertiary/aromatic N) is 3. The summed E-state index contributed by atoms with van der Waals surface area (Å²) in [4.78, 5) is 33.5. The smallest absolute Gasteiger partial charge is 0.416 e. The van der Waals surface area contributed by atoms with E-state index in [4.69, 9.17) is 9.47 Å². The highest BCUT2D eigenvalue weighted by atomic mass is 16.6. The zero-order valence-corrected chi connectivity index (χ0v) is 18.8. The van der Waals surface area contributed by atoms with Gasteiger partial charge in [0.05, 0.1) is 6.04 Å². The Balaban J connectivity index is 2.37. The van der Waals surface area contributed by atoms with Gasteiger partial charge in [0.1, 0.15) is 17.0 Å². The molecular formula is C22H35N3O4. The van der Waals surface area contributed by atoms with Crippen molar-refractivity contribution in [3.63, 3.8) is 0 Å². The topological polar surface area (TPSA) is 72.0 Å². The molecule has 1 aliphatic heterocycles. The third-order valence-electron chi connectivity index (χ3n) is 4.37. The van der Waals surface area contributed by atoms with E-state index >= 15 is 0 Å². The van der Waals surface area contributed by atoms with E-state index < -0.39 is 17.3 Å². The molecule has 1 aliphatic rings. The minimum atomic E-state index is -0.603. The second kappa shape index (κ2) is 9.01. The lowest BCUT2D eigenvalue weighted by Crippen LogP contribution is -2.40. The summed E-state index contributed by atoms with van der Waals surface area (Å²) in [7, 11) is 0. The summed E-state index contributed by atoms with van der Waals surface area (Å²) in [5.41, 5.74) is -0.323. The zero-order valence-electron chi connectivity index (χ0n) is 18.8. The van der Waals surface area contributed by atoms with Crippen LogP contribution in [-0.2, 0) is 9.47 Å². The number of rotatable bonds is 4. The average Bonchev–Trinajstić information content (AvgIpc) is 3.06. The second-order valence-electron chi connectivity index (χ2n) is 9.38. The minimum Gasteiger partial charge on any atom is -0.444 e. The van der Waals surface area contributed by atoms with Crippen molar-refractivity contribution in [2.45, 2.75) is 85.0 Å². The van der Waals surface area contributed by atoms with Crippen LogP contribution in [0.15, 0.2) is 18.3 Å². The Morgan fingerprint density at radius 1 is 1.17 bits per heavy atom. The summed E-state index contributed by atoms with van der Waals surface area (Å²) in [6.07, 6.45) is 3.33. The monoisotopic (exact) mass is 405 g/mol. The number of carbonyl (C=O) groups is 2. The Hall–Kier alpha value is -2.31. The number of hydrogen-bond acceptors (Lipinski definition) is 5. The van der Waals surface area contributed by atoms with Crippen LogP contribution in [0.1, 0.15) is 79.3 Å². The molecule has 7 nitrogen and oxygen atoms in total. The first-order valence-electron chi connectivity index (χ1n) is 10.4. The molecular weight excluding hydrogens is 370 g/mol. The molecule has 2 rings (SSSR count). The van der Waals surface area contributed by atoms with Crippen LogP contribution >= 0.6 is 0 Å². The van der Waals surface area contributed by atoms with E-state index in [-0.39, 0.29) is 12.1 Å². The predicted molar refractivity (Wildman–Crippen MR) is 113 cm³/mol. The number of pyridine rings is 1. The molecule has 2 amide bonds. The van der Waals surface area contributed by atoms with Gasteiger partial charge in [-0.15, -0.1) is 0 Å². The van der Waals surface area contributed by atoms with Crippen LogP contribution < -0.4 is 4.90 Å². The van der Waals surface area contributed by atoms with Gasteiger partial charge in [-0.25, -0.2) is 14.6 Å². The Labute approximate surface area is 174 Å². The van der Waals surface area contributed by atoms with E-state index in [0.29, 0.717) is 18.9 Å². The van der Waals surface area contributed by atoms with Gasteiger partial charge in [-0.3, -0.25) is 4.90 Å². The van der Waals surface area contributed by atoms with Gasteiger partial charge >= 0.3 is 12.2 Å². The number of carbonyl (C=O) groups excluding carboxylic acids is 2. The highest BCUT2D eigenvalue weighted by Crippen LogP contribution is 2.37. The van der Waals surface area contributed by atoms with Crippen molar-refractivity contribution in [2.24, 2.45) is 0 Å². The number of ether oxygens (including phenoxy) is 2. The van der Waals surface area contributed by atoms with Crippen molar-refractivity contribution in [3.8, 4) is 0 Å². The normalized spacial score (nSPS) is 17.2. The van der Waals surface area contributed by atoms with E-state index in [2.05, 4.69) is 4.98 Å². The summed E-state index contributed by atoms with van der Waals surface area (Å²) < 4.78 is 11.2. The van der Waals surface area contributed by atoms with Crippen LogP contribution in [0.2, 0.25) is 0 Å². The van der Waals surface area contributed by atoms with Crippen LogP contribution in [-0.4, -0.2) is 46.4 Å². The molecule has 162 valence electrons. The van der Waals surface area contributed by atoms with Gasteiger partial charge in [0.2, 0.25) is 0 Å². The SMILES string of the molecule is CCCN(C(=O)OC(C)(C)C)c1ncccc1[C@@H]1CCCN1C(=O)OC(C)(C)C. The van der Waals surface area contributed by atoms with Gasteiger partial charge in [-0.1, -0.05) is 13.0 Å². The number of anilines is 1. The molecule has 1 aromatic rings. The molecule has 7 heteroatoms. The number of amides is 2. The van der Waals surface area contributed by atoms with Gasteiger partial charge in [-0.05, 0) is 66.9 Å². The third-order valence-corrected chi connectivity index (χ3v) is 4.37. The molecule has 29 heavy (non-hydrogen) atoms. The first kappa shape index (κ1) is 23.0. The van der Waals surface area contributed by atoms with Gasteiger partial charge < -0.3 is 14.4 Å². The quantitative estimate of drug-likeness (QED) is 0.679. The largest absolute Gasteiger partial charge is 0.444 e. The number of hydrogen-bond donors (Lipinski definition) is 0. The van der Waals surface area contributed by atoms with E-state index in [1.807, 2.05) is 60.6 Å². The standard InChI is InChI=1S/C22H35N3O4/c1-8-14-25(20(27)29-22(5,6)7)18-16(11-9-13-23-18)17-12-10-15-24(17)19(26)28-21(2,3)4/h9,11,13,17H,8,10,12,14-15H2,1-7H3/t17-/m0/s1. The van der Waals surface area contributed by atoms with Crippen molar-refractivity contribution < 1.29 is 19.1 Å². The predicted octanol–water partition coefficient (Wildman–Crippen LogP) is 5.31. The Morgan fingerprint density at radius 3 is 2.41 bits per heavy atom. The zero-order chi connectivity index (χ0) is 21.8. The molecule has 0 unspecified atom stereocenters. The summed E-state index contributed by atoms with van der Waals surface area (Å²) in [6, 6.07) is 3.59. The van der Waals surface area contributed by atoms with Gasteiger partial charge in [-0.2, -0.15) is 0 Å². The molecule has 0 aliphatic carbocycles. The fourth-order valence-electron chi connectivity index (χ4n) is 3.35. The summed E-state index contributed by atoms with van der Waals surface area (Å²) in [5, 5.41) is 0. The fourth-order valence-corrected chi connectivity index (χ4v) is 3.35. The summed E-state index contributed by atoms with van der Waals surface area (Å²) in [6.45, 7) is 14.2. The summed E-state index contributed by atoms with van der Waals surface area (Å²) >= 11 is 0. The second-order valence-corrected chi connectivity index (χ2v) is 9.38. The van der Waals surface area contributed by atoms with E-state index in [9.17, 15) is 9.59 Å². The van der Waals surface area contributed by atoms with Crippen LogP contribution in [0.5, 0.6) is 0 Å². The number of likely N-dealkylation sites (tertiary alicyclic amines) is 1. The maximum Gasteiger partial charge on any atom is 0.416 e. The van der Waals surface area contributed by atoms with Gasteiger partial charge in [0.15, 0.2) is 0 Å². The first-order valence-corrected chi connectivity index (χ1v) is 10.4. The average molecular weight is 406 g/mol. The molecule has 1 saturated heterocycles. The highest BCUT2D eigenvalue weighted by Gasteiger charge is 2.36. The van der Waals surface area contributed by atoms with Crippen molar-refractivity contribution in [1.29, 1.82) is 0 Å². The fraction of sp³-hybridized carbons (Fsp3) is 0.682. The van der Waals surface area contributed by atoms with E-state index in [1.165, 1.54) is 0 Å². The maximum absolute atomic E-state index is 12.9. The van der Waals surface area contributed by atoms with Crippen molar-refractivity contribution in [2.75, 3.05) is 18.0 Å². The molecule has 0 saturated carbocycles. The summed E-state index contributed by atoms with van der Waals surface area (Å²) in [5.74, 6) is 0.545. The van der Waals surface area contributed by atoms with E-state index in [1.54, 1.807) is 16.0 Å². The van der Waals surface area contributed by atoms with E-state index in [0.717, 1.165) is 24.8 Å². The molecule has 0 spiro atoms. The Kier molecular flexibility index (Phi) is 7.14. The lowest BCUT2D eigenvalue weighted by molar-refractivity contribution is 0.0224. The third kappa shape index (κ3) is 6.34. The lowest BCUT2D eigenvalue weighted by Gasteiger charge is -2.32. The van der Waals surface area contributed by atoms with Crippen LogP contribution in [0.3, 0.4) is 0 Å². The molecule has 2 heterocycles. The molecule has 0 radical (unpaired) electrons. The van der Waals surface area contributed by atoms with Gasteiger partial charge in [0.25, 0.3) is 0 Å². The molecule has 1 aromatic heterocycles. The molecule has 1 fully saturated rings. The van der Waals surface area contributed by atoms with Crippen LogP contribution in [0.4, 0.5) is 15.4 Å². The molecule has 0 bridgehead atoms. The Morgan fingerprint density at radius 2 is 1.83 bits per heavy atom. The highest BCUT2D eigenvalue weighted by molar-refractivity contribution is 5.87. The first-order chi connectivity index (χ1) is 13.4. The molecule has 0 N–H and O–H groups in total. The van der Waals surface area contributed by atoms with Crippen LogP contribution in [0.25, 0.3) is 0 Å². The maximum atomic E-state index is 12.9. The van der Waals surface area contributed by atoms with Crippen LogP contribution in [0, 0.1) is 0 Å². The van der Waals surface area contributed by atoms with Crippen molar-refractivity contribution >= 4 is 18.0 Å². The Bertz CT molecular complexity index is 722.